The van der Waals surface area contributed by atoms with E-state index in [0.29, 0.717) is 17.0 Å². The van der Waals surface area contributed by atoms with Crippen molar-refractivity contribution >= 4 is 29.4 Å². The van der Waals surface area contributed by atoms with E-state index in [0.717, 1.165) is 11.1 Å². The molecule has 8 nitrogen and oxygen atoms in total. The van der Waals surface area contributed by atoms with Crippen molar-refractivity contribution in [3.05, 3.63) is 59.2 Å². The third-order valence-corrected chi connectivity index (χ3v) is 4.74. The predicted octanol–water partition coefficient (Wildman–Crippen LogP) is 2.45. The maximum atomic E-state index is 12.5. The summed E-state index contributed by atoms with van der Waals surface area (Å²) in [5.41, 5.74) is 2.61. The van der Waals surface area contributed by atoms with Crippen molar-refractivity contribution in [1.29, 1.82) is 0 Å². The van der Waals surface area contributed by atoms with Gasteiger partial charge in [0.2, 0.25) is 11.8 Å². The zero-order valence-corrected chi connectivity index (χ0v) is 16.8. The maximum Gasteiger partial charge on any atom is 0.343 e. The summed E-state index contributed by atoms with van der Waals surface area (Å²) in [6, 6.07) is 11.8. The molecule has 0 unspecified atom stereocenters. The van der Waals surface area contributed by atoms with Gasteiger partial charge < -0.3 is 14.8 Å². The monoisotopic (exact) mass is 410 g/mol. The number of carbonyl (C=O) groups excluding carboxylic acids is 4. The Labute approximate surface area is 173 Å². The Morgan fingerprint density at radius 3 is 2.30 bits per heavy atom. The highest BCUT2D eigenvalue weighted by Crippen LogP contribution is 2.22. The third-order valence-electron chi connectivity index (χ3n) is 4.74. The minimum Gasteiger partial charge on any atom is -0.482 e. The van der Waals surface area contributed by atoms with Crippen LogP contribution in [-0.2, 0) is 25.7 Å². The molecule has 0 atom stereocenters. The number of anilines is 1. The van der Waals surface area contributed by atoms with Crippen molar-refractivity contribution in [1.82, 2.24) is 4.90 Å². The van der Waals surface area contributed by atoms with Crippen LogP contribution in [0.25, 0.3) is 0 Å². The van der Waals surface area contributed by atoms with E-state index in [4.69, 9.17) is 4.74 Å². The minimum atomic E-state index is -0.480. The molecular formula is C22H22N2O6. The molecule has 1 saturated heterocycles. The second-order valence-electron chi connectivity index (χ2n) is 6.87. The summed E-state index contributed by atoms with van der Waals surface area (Å²) in [6.07, 6.45) is 0.510. The van der Waals surface area contributed by atoms with Crippen LogP contribution < -0.4 is 10.1 Å². The van der Waals surface area contributed by atoms with Crippen LogP contribution in [0.1, 0.15) is 34.3 Å². The number of nitrogens with one attached hydrogen (secondary N) is 1. The molecule has 0 bridgehead atoms. The molecule has 8 heteroatoms. The molecule has 30 heavy (non-hydrogen) atoms. The van der Waals surface area contributed by atoms with Gasteiger partial charge in [-0.15, -0.1) is 0 Å². The van der Waals surface area contributed by atoms with Crippen molar-refractivity contribution in [2.75, 3.05) is 19.0 Å². The number of imide groups is 1. The zero-order valence-electron chi connectivity index (χ0n) is 16.8. The topological polar surface area (TPSA) is 102 Å². The molecule has 3 rings (SSSR count). The van der Waals surface area contributed by atoms with Gasteiger partial charge in [-0.3, -0.25) is 19.3 Å². The fraction of sp³-hybridized carbons (Fsp3) is 0.273. The first-order valence-electron chi connectivity index (χ1n) is 9.41. The molecule has 0 radical (unpaired) electrons. The zero-order chi connectivity index (χ0) is 21.7. The van der Waals surface area contributed by atoms with Gasteiger partial charge in [0.15, 0.2) is 6.61 Å². The van der Waals surface area contributed by atoms with Crippen LogP contribution in [-0.4, -0.2) is 42.3 Å². The molecule has 156 valence electrons. The molecule has 0 aliphatic carbocycles. The van der Waals surface area contributed by atoms with E-state index in [-0.39, 0.29) is 43.7 Å². The summed E-state index contributed by atoms with van der Waals surface area (Å²) < 4.78 is 9.85. The fourth-order valence-electron chi connectivity index (χ4n) is 3.01. The first kappa shape index (κ1) is 21.0. The molecule has 3 amide bonds. The maximum absolute atomic E-state index is 12.5. The van der Waals surface area contributed by atoms with Crippen molar-refractivity contribution in [2.24, 2.45) is 0 Å². The molecule has 0 aromatic heterocycles. The number of aryl methyl sites for hydroxylation is 1. The smallest absolute Gasteiger partial charge is 0.343 e. The lowest BCUT2D eigenvalue weighted by Crippen LogP contribution is -2.28. The molecule has 1 heterocycles. The quantitative estimate of drug-likeness (QED) is 0.556. The van der Waals surface area contributed by atoms with Gasteiger partial charge in [-0.05, 0) is 48.4 Å². The molecule has 1 N–H and O–H groups in total. The SMILES string of the molecule is COC(=O)COc1ccc(NC(=O)c2ccc(CN3C(=O)CCC3=O)cc2)c(C)c1. The van der Waals surface area contributed by atoms with Gasteiger partial charge in [-0.25, -0.2) is 4.79 Å². The number of methoxy groups -OCH3 is 1. The van der Waals surface area contributed by atoms with Crippen LogP contribution in [0.15, 0.2) is 42.5 Å². The van der Waals surface area contributed by atoms with Gasteiger partial charge in [-0.1, -0.05) is 12.1 Å². The second-order valence-corrected chi connectivity index (χ2v) is 6.87. The number of hydrogen-bond acceptors (Lipinski definition) is 6. The first-order valence-corrected chi connectivity index (χ1v) is 9.41. The van der Waals surface area contributed by atoms with Crippen molar-refractivity contribution in [3.8, 4) is 5.75 Å². The van der Waals surface area contributed by atoms with Gasteiger partial charge in [0.25, 0.3) is 5.91 Å². The number of carbonyl (C=O) groups is 4. The highest BCUT2D eigenvalue weighted by atomic mass is 16.6. The van der Waals surface area contributed by atoms with Crippen LogP contribution in [0.2, 0.25) is 0 Å². The molecule has 1 aliphatic heterocycles. The molecular weight excluding hydrogens is 388 g/mol. The van der Waals surface area contributed by atoms with Crippen LogP contribution in [0, 0.1) is 6.92 Å². The highest BCUT2D eigenvalue weighted by Gasteiger charge is 2.28. The summed E-state index contributed by atoms with van der Waals surface area (Å²) in [6.45, 7) is 1.84. The Morgan fingerprint density at radius 1 is 1.03 bits per heavy atom. The molecule has 1 fully saturated rings. The standard InChI is InChI=1S/C22H22N2O6/c1-14-11-17(30-13-21(27)29-2)7-8-18(14)23-22(28)16-5-3-15(4-6-16)12-24-19(25)9-10-20(24)26/h3-8,11H,9-10,12-13H2,1-2H3,(H,23,28). The van der Waals surface area contributed by atoms with Crippen molar-refractivity contribution < 1.29 is 28.7 Å². The fourth-order valence-corrected chi connectivity index (χ4v) is 3.01. The number of amides is 3. The first-order chi connectivity index (χ1) is 14.4. The van der Waals surface area contributed by atoms with E-state index in [1.165, 1.54) is 12.0 Å². The van der Waals surface area contributed by atoms with E-state index in [9.17, 15) is 19.2 Å². The van der Waals surface area contributed by atoms with E-state index in [1.807, 2.05) is 6.92 Å². The van der Waals surface area contributed by atoms with Gasteiger partial charge in [-0.2, -0.15) is 0 Å². The number of benzene rings is 2. The highest BCUT2D eigenvalue weighted by molar-refractivity contribution is 6.05. The lowest BCUT2D eigenvalue weighted by atomic mass is 10.1. The van der Waals surface area contributed by atoms with Gasteiger partial charge in [0, 0.05) is 24.1 Å². The summed E-state index contributed by atoms with van der Waals surface area (Å²) in [5, 5.41) is 2.83. The lowest BCUT2D eigenvalue weighted by molar-refractivity contribution is -0.143. The Morgan fingerprint density at radius 2 is 1.70 bits per heavy atom. The predicted molar refractivity (Wildman–Crippen MR) is 108 cm³/mol. The summed E-state index contributed by atoms with van der Waals surface area (Å²) >= 11 is 0. The van der Waals surface area contributed by atoms with E-state index >= 15 is 0 Å². The number of rotatable bonds is 7. The van der Waals surface area contributed by atoms with Gasteiger partial charge in [0.1, 0.15) is 5.75 Å². The van der Waals surface area contributed by atoms with Gasteiger partial charge >= 0.3 is 5.97 Å². The Balaban J connectivity index is 1.61. The molecule has 2 aromatic rings. The van der Waals surface area contributed by atoms with Gasteiger partial charge in [0.05, 0.1) is 13.7 Å². The molecule has 0 saturated carbocycles. The lowest BCUT2D eigenvalue weighted by Gasteiger charge is -2.14. The number of nitrogens with zero attached hydrogens (tertiary/aromatic N) is 1. The number of hydrogen-bond donors (Lipinski definition) is 1. The number of likely N-dealkylation sites (tertiary alicyclic amines) is 1. The Bertz CT molecular complexity index is 968. The Kier molecular flexibility index (Phi) is 6.46. The number of ether oxygens (including phenoxy) is 2. The average molecular weight is 410 g/mol. The summed E-state index contributed by atoms with van der Waals surface area (Å²) in [5.74, 6) is -0.618. The largest absolute Gasteiger partial charge is 0.482 e. The van der Waals surface area contributed by atoms with E-state index in [1.54, 1.807) is 42.5 Å². The third kappa shape index (κ3) is 5.02. The van der Waals surface area contributed by atoms with E-state index in [2.05, 4.69) is 10.1 Å². The van der Waals surface area contributed by atoms with Crippen LogP contribution >= 0.6 is 0 Å². The van der Waals surface area contributed by atoms with Crippen LogP contribution in [0.3, 0.4) is 0 Å². The van der Waals surface area contributed by atoms with Crippen LogP contribution in [0.4, 0.5) is 5.69 Å². The number of esters is 1. The van der Waals surface area contributed by atoms with E-state index < -0.39 is 5.97 Å². The molecule has 2 aromatic carbocycles. The summed E-state index contributed by atoms with van der Waals surface area (Å²) in [4.78, 5) is 48.4. The molecule has 1 aliphatic rings. The molecule has 0 spiro atoms. The minimum absolute atomic E-state index is 0.170. The Hall–Kier alpha value is -3.68. The normalized spacial score (nSPS) is 13.3. The van der Waals surface area contributed by atoms with Crippen LogP contribution in [0.5, 0.6) is 5.75 Å². The summed E-state index contributed by atoms with van der Waals surface area (Å²) in [7, 11) is 1.29. The average Bonchev–Trinajstić information content (AvgIpc) is 3.06. The van der Waals surface area contributed by atoms with Crippen molar-refractivity contribution in [2.45, 2.75) is 26.3 Å². The van der Waals surface area contributed by atoms with Crippen molar-refractivity contribution in [3.63, 3.8) is 0 Å². The second kappa shape index (κ2) is 9.21.